The summed E-state index contributed by atoms with van der Waals surface area (Å²) in [6.07, 6.45) is 3.76. The third-order valence-electron chi connectivity index (χ3n) is 4.10. The van der Waals surface area contributed by atoms with Crippen molar-refractivity contribution in [2.75, 3.05) is 39.8 Å². The van der Waals surface area contributed by atoms with E-state index in [0.29, 0.717) is 0 Å². The molecular weight excluding hydrogens is 198 g/mol. The van der Waals surface area contributed by atoms with Crippen LogP contribution in [-0.4, -0.2) is 55.6 Å². The van der Waals surface area contributed by atoms with Gasteiger partial charge in [-0.25, -0.2) is 0 Å². The van der Waals surface area contributed by atoms with Crippen molar-refractivity contribution >= 4 is 0 Å². The Labute approximate surface area is 101 Å². The Morgan fingerprint density at radius 3 is 2.62 bits per heavy atom. The maximum absolute atomic E-state index is 5.75. The van der Waals surface area contributed by atoms with Gasteiger partial charge in [0.15, 0.2) is 0 Å². The number of hydrogen-bond donors (Lipinski definition) is 1. The fourth-order valence-corrected chi connectivity index (χ4v) is 2.51. The Hall–Kier alpha value is -0.120. The van der Waals surface area contributed by atoms with Crippen LogP contribution in [0.2, 0.25) is 0 Å². The third-order valence-corrected chi connectivity index (χ3v) is 4.10. The Kier molecular flexibility index (Phi) is 6.32. The van der Waals surface area contributed by atoms with Gasteiger partial charge in [-0.2, -0.15) is 0 Å². The molecule has 96 valence electrons. The smallest absolute Gasteiger partial charge is 0.0218 e. The number of hydrogen-bond acceptors (Lipinski definition) is 3. The second kappa shape index (κ2) is 7.25. The van der Waals surface area contributed by atoms with Gasteiger partial charge in [-0.05, 0) is 38.9 Å². The lowest BCUT2D eigenvalue weighted by molar-refractivity contribution is 0.0890. The summed E-state index contributed by atoms with van der Waals surface area (Å²) in [5.41, 5.74) is 5.75. The zero-order chi connectivity index (χ0) is 12.0. The summed E-state index contributed by atoms with van der Waals surface area (Å²) in [6, 6.07) is 0.756. The topological polar surface area (TPSA) is 32.5 Å². The first-order valence-corrected chi connectivity index (χ1v) is 6.83. The quantitative estimate of drug-likeness (QED) is 0.744. The molecule has 2 atom stereocenters. The predicted octanol–water partition coefficient (Wildman–Crippen LogP) is 1.39. The van der Waals surface area contributed by atoms with Crippen molar-refractivity contribution in [3.8, 4) is 0 Å². The van der Waals surface area contributed by atoms with E-state index >= 15 is 0 Å². The lowest BCUT2D eigenvalue weighted by atomic mass is 10.0. The van der Waals surface area contributed by atoms with E-state index in [-0.39, 0.29) is 0 Å². The number of nitrogens with zero attached hydrogens (tertiary/aromatic N) is 2. The molecule has 0 aromatic heterocycles. The number of likely N-dealkylation sites (N-methyl/N-ethyl adjacent to an activating group) is 1. The lowest BCUT2D eigenvalue weighted by Gasteiger charge is -2.39. The highest BCUT2D eigenvalue weighted by atomic mass is 15.3. The van der Waals surface area contributed by atoms with Gasteiger partial charge in [-0.15, -0.1) is 0 Å². The van der Waals surface area contributed by atoms with Crippen molar-refractivity contribution in [2.24, 2.45) is 11.7 Å². The molecule has 2 unspecified atom stereocenters. The molecule has 0 radical (unpaired) electrons. The summed E-state index contributed by atoms with van der Waals surface area (Å²) in [6.45, 7) is 10.3. The molecule has 0 aliphatic carbocycles. The molecular formula is C13H29N3. The minimum Gasteiger partial charge on any atom is -0.330 e. The second-order valence-electron chi connectivity index (χ2n) is 5.14. The highest BCUT2D eigenvalue weighted by Crippen LogP contribution is 2.13. The van der Waals surface area contributed by atoms with Crippen LogP contribution in [0.1, 0.15) is 33.1 Å². The normalized spacial score (nSPS) is 25.9. The number of rotatable bonds is 6. The van der Waals surface area contributed by atoms with E-state index in [1.807, 2.05) is 0 Å². The van der Waals surface area contributed by atoms with Crippen molar-refractivity contribution in [1.29, 1.82) is 0 Å². The Morgan fingerprint density at radius 2 is 2.06 bits per heavy atom. The van der Waals surface area contributed by atoms with E-state index in [1.54, 1.807) is 0 Å². The van der Waals surface area contributed by atoms with Crippen molar-refractivity contribution in [3.63, 3.8) is 0 Å². The highest BCUT2D eigenvalue weighted by Gasteiger charge is 2.22. The minimum atomic E-state index is 0.722. The van der Waals surface area contributed by atoms with E-state index < -0.39 is 0 Å². The van der Waals surface area contributed by atoms with Gasteiger partial charge in [-0.1, -0.05) is 20.3 Å². The molecule has 16 heavy (non-hydrogen) atoms. The lowest BCUT2D eigenvalue weighted by Crippen LogP contribution is -2.51. The van der Waals surface area contributed by atoms with E-state index in [9.17, 15) is 0 Å². The molecule has 2 N–H and O–H groups in total. The van der Waals surface area contributed by atoms with Gasteiger partial charge in [0.05, 0.1) is 0 Å². The van der Waals surface area contributed by atoms with Crippen LogP contribution in [-0.2, 0) is 0 Å². The molecule has 0 amide bonds. The second-order valence-corrected chi connectivity index (χ2v) is 5.14. The third kappa shape index (κ3) is 4.04. The molecule has 1 aliphatic rings. The molecule has 1 saturated heterocycles. The van der Waals surface area contributed by atoms with Crippen LogP contribution in [0.15, 0.2) is 0 Å². The largest absolute Gasteiger partial charge is 0.330 e. The monoisotopic (exact) mass is 227 g/mol. The Bertz CT molecular complexity index is 180. The van der Waals surface area contributed by atoms with Crippen LogP contribution in [0, 0.1) is 5.92 Å². The van der Waals surface area contributed by atoms with Crippen molar-refractivity contribution in [1.82, 2.24) is 9.80 Å². The van der Waals surface area contributed by atoms with Gasteiger partial charge in [0, 0.05) is 25.7 Å². The molecule has 1 fully saturated rings. The van der Waals surface area contributed by atoms with Crippen LogP contribution in [0.5, 0.6) is 0 Å². The van der Waals surface area contributed by atoms with Gasteiger partial charge in [0.1, 0.15) is 0 Å². The number of piperazine rings is 1. The van der Waals surface area contributed by atoms with E-state index in [4.69, 9.17) is 5.73 Å². The molecule has 1 aliphatic heterocycles. The first-order chi connectivity index (χ1) is 7.71. The van der Waals surface area contributed by atoms with Crippen molar-refractivity contribution in [3.05, 3.63) is 0 Å². The van der Waals surface area contributed by atoms with Gasteiger partial charge in [-0.3, -0.25) is 0 Å². The first kappa shape index (κ1) is 13.9. The van der Waals surface area contributed by atoms with Crippen molar-refractivity contribution in [2.45, 2.75) is 39.2 Å². The Balaban J connectivity index is 2.27. The molecule has 0 aromatic carbocycles. The van der Waals surface area contributed by atoms with Gasteiger partial charge < -0.3 is 15.5 Å². The average molecular weight is 227 g/mol. The maximum atomic E-state index is 5.75. The van der Waals surface area contributed by atoms with Crippen LogP contribution < -0.4 is 5.73 Å². The van der Waals surface area contributed by atoms with Crippen molar-refractivity contribution < 1.29 is 0 Å². The van der Waals surface area contributed by atoms with E-state index in [1.165, 1.54) is 45.4 Å². The van der Waals surface area contributed by atoms with Crippen LogP contribution in [0.25, 0.3) is 0 Å². The van der Waals surface area contributed by atoms with Crippen LogP contribution >= 0.6 is 0 Å². The molecule has 0 aromatic rings. The first-order valence-electron chi connectivity index (χ1n) is 6.83. The number of nitrogens with two attached hydrogens (primary N) is 1. The summed E-state index contributed by atoms with van der Waals surface area (Å²) >= 11 is 0. The van der Waals surface area contributed by atoms with Crippen LogP contribution in [0.3, 0.4) is 0 Å². The fourth-order valence-electron chi connectivity index (χ4n) is 2.51. The minimum absolute atomic E-state index is 0.722. The molecule has 0 saturated carbocycles. The summed E-state index contributed by atoms with van der Waals surface area (Å²) in [4.78, 5) is 5.11. The summed E-state index contributed by atoms with van der Waals surface area (Å²) < 4.78 is 0. The molecule has 0 bridgehead atoms. The zero-order valence-corrected chi connectivity index (χ0v) is 11.3. The average Bonchev–Trinajstić information content (AvgIpc) is 2.32. The predicted molar refractivity (Wildman–Crippen MR) is 70.6 cm³/mol. The van der Waals surface area contributed by atoms with Gasteiger partial charge in [0.2, 0.25) is 0 Å². The molecule has 3 heteroatoms. The maximum Gasteiger partial charge on any atom is 0.0218 e. The molecule has 1 rings (SSSR count). The van der Waals surface area contributed by atoms with E-state index in [0.717, 1.165) is 18.5 Å². The summed E-state index contributed by atoms with van der Waals surface area (Å²) in [7, 11) is 2.25. The molecule has 0 spiro atoms. The highest BCUT2D eigenvalue weighted by molar-refractivity contribution is 4.79. The zero-order valence-electron chi connectivity index (χ0n) is 11.3. The summed E-state index contributed by atoms with van der Waals surface area (Å²) in [5, 5.41) is 0. The fraction of sp³-hybridized carbons (Fsp3) is 1.00. The van der Waals surface area contributed by atoms with Gasteiger partial charge >= 0.3 is 0 Å². The molecule has 1 heterocycles. The van der Waals surface area contributed by atoms with E-state index in [2.05, 4.69) is 30.7 Å². The molecule has 3 nitrogen and oxygen atoms in total. The van der Waals surface area contributed by atoms with Gasteiger partial charge in [0.25, 0.3) is 0 Å². The van der Waals surface area contributed by atoms with Crippen LogP contribution in [0.4, 0.5) is 0 Å². The SMILES string of the molecule is CCC(CN)CCN1CCN(C)C(CC)C1. The standard InChI is InChI=1S/C13H29N3/c1-4-12(10-14)6-7-16-9-8-15(3)13(5-2)11-16/h12-13H,4-11,14H2,1-3H3. The summed E-state index contributed by atoms with van der Waals surface area (Å²) in [5.74, 6) is 0.722. The Morgan fingerprint density at radius 1 is 1.31 bits per heavy atom.